The van der Waals surface area contributed by atoms with Gasteiger partial charge in [-0.05, 0) is 41.8 Å². The molecule has 2 aliphatic rings. The molecule has 0 saturated carbocycles. The highest BCUT2D eigenvalue weighted by Crippen LogP contribution is 2.33. The maximum Gasteiger partial charge on any atom is 0.373 e. The van der Waals surface area contributed by atoms with Crippen molar-refractivity contribution < 1.29 is 28.2 Å². The summed E-state index contributed by atoms with van der Waals surface area (Å²) >= 11 is 0. The van der Waals surface area contributed by atoms with Crippen LogP contribution in [0.25, 0.3) is 0 Å². The second kappa shape index (κ2) is 8.55. The molecule has 2 aromatic carbocycles. The smallest absolute Gasteiger partial charge is 0.373 e. The van der Waals surface area contributed by atoms with Gasteiger partial charge in [-0.3, -0.25) is 14.5 Å². The number of benzene rings is 2. The van der Waals surface area contributed by atoms with E-state index in [4.69, 9.17) is 9.47 Å². The van der Waals surface area contributed by atoms with Crippen molar-refractivity contribution in [3.63, 3.8) is 0 Å². The number of hydrogen-bond acceptors (Lipinski definition) is 5. The summed E-state index contributed by atoms with van der Waals surface area (Å²) in [6, 6.07) is 14.8. The minimum atomic E-state index is -0.761. The van der Waals surface area contributed by atoms with E-state index in [-0.39, 0.29) is 37.2 Å². The normalized spacial score (nSPS) is 18.3. The van der Waals surface area contributed by atoms with Crippen molar-refractivity contribution in [1.29, 1.82) is 0 Å². The molecule has 0 bridgehead atoms. The first-order valence-electron chi connectivity index (χ1n) is 9.79. The largest absolute Gasteiger partial charge is 0.482 e. The molecule has 7 heteroatoms. The van der Waals surface area contributed by atoms with Crippen molar-refractivity contribution in [2.24, 2.45) is 5.92 Å². The van der Waals surface area contributed by atoms with Crippen LogP contribution in [0.15, 0.2) is 77.6 Å². The molecule has 1 unspecified atom stereocenters. The average molecular weight is 421 g/mol. The summed E-state index contributed by atoms with van der Waals surface area (Å²) in [6.07, 6.45) is 1.40. The highest BCUT2D eigenvalue weighted by Gasteiger charge is 2.41. The number of rotatable bonds is 5. The Bertz CT molecular complexity index is 1090. The fourth-order valence-corrected chi connectivity index (χ4v) is 3.56. The molecule has 158 valence electrons. The van der Waals surface area contributed by atoms with E-state index in [0.29, 0.717) is 16.7 Å². The molecule has 2 aromatic rings. The van der Waals surface area contributed by atoms with Gasteiger partial charge in [-0.2, -0.15) is 0 Å². The maximum absolute atomic E-state index is 13.1. The molecule has 6 nitrogen and oxygen atoms in total. The van der Waals surface area contributed by atoms with Crippen LogP contribution in [0.4, 0.5) is 4.39 Å². The zero-order chi connectivity index (χ0) is 22.0. The van der Waals surface area contributed by atoms with Crippen LogP contribution in [-0.2, 0) is 37.0 Å². The van der Waals surface area contributed by atoms with Gasteiger partial charge in [-0.15, -0.1) is 0 Å². The fourth-order valence-electron chi connectivity index (χ4n) is 3.56. The van der Waals surface area contributed by atoms with E-state index >= 15 is 0 Å². The summed E-state index contributed by atoms with van der Waals surface area (Å²) < 4.78 is 23.7. The summed E-state index contributed by atoms with van der Waals surface area (Å²) in [7, 11) is 0. The molecule has 4 rings (SSSR count). The molecule has 0 saturated heterocycles. The Morgan fingerprint density at radius 3 is 2.52 bits per heavy atom. The molecule has 2 heterocycles. The Morgan fingerprint density at radius 2 is 1.81 bits per heavy atom. The maximum atomic E-state index is 13.1. The van der Waals surface area contributed by atoms with E-state index in [9.17, 15) is 18.8 Å². The lowest BCUT2D eigenvalue weighted by molar-refractivity contribution is -0.147. The summed E-state index contributed by atoms with van der Waals surface area (Å²) in [5, 5.41) is 0. The van der Waals surface area contributed by atoms with Crippen LogP contribution >= 0.6 is 0 Å². The number of esters is 1. The fraction of sp³-hybridized carbons (Fsp3) is 0.208. The van der Waals surface area contributed by atoms with Gasteiger partial charge in [0.15, 0.2) is 0 Å². The van der Waals surface area contributed by atoms with Crippen molar-refractivity contribution >= 4 is 17.8 Å². The number of nitrogens with zero attached hydrogens (tertiary/aromatic N) is 1. The molecule has 31 heavy (non-hydrogen) atoms. The first kappa shape index (κ1) is 20.5. The van der Waals surface area contributed by atoms with Gasteiger partial charge in [0.1, 0.15) is 19.0 Å². The molecular formula is C24H20FNO5. The summed E-state index contributed by atoms with van der Waals surface area (Å²) in [4.78, 5) is 39.5. The highest BCUT2D eigenvalue weighted by molar-refractivity contribution is 6.10. The highest BCUT2D eigenvalue weighted by atomic mass is 19.1. The molecule has 0 aromatic heterocycles. The summed E-state index contributed by atoms with van der Waals surface area (Å²) in [5.74, 6) is -2.70. The van der Waals surface area contributed by atoms with Crippen LogP contribution in [0, 0.1) is 11.7 Å². The third kappa shape index (κ3) is 4.26. The lowest BCUT2D eigenvalue weighted by atomic mass is 9.87. The topological polar surface area (TPSA) is 72.9 Å². The average Bonchev–Trinajstić information content (AvgIpc) is 2.80. The minimum absolute atomic E-state index is 0.0371. The van der Waals surface area contributed by atoms with E-state index < -0.39 is 17.8 Å². The van der Waals surface area contributed by atoms with Crippen molar-refractivity contribution in [1.82, 2.24) is 4.90 Å². The molecule has 0 N–H and O–H groups in total. The SMILES string of the molecule is CC1=C2COC(C(=O)OCc3ccc(F)cc3)=CC2C(=O)N(Cc2ccccc2)C1=O. The molecule has 2 amide bonds. The van der Waals surface area contributed by atoms with Gasteiger partial charge in [-0.25, -0.2) is 9.18 Å². The van der Waals surface area contributed by atoms with Gasteiger partial charge in [-0.1, -0.05) is 42.5 Å². The standard InChI is InChI=1S/C24H20FNO5/c1-15-20-14-30-21(24(29)31-13-17-7-9-18(25)10-8-17)11-19(20)23(28)26(22(15)27)12-16-5-3-2-4-6-16/h2-11,19H,12-14H2,1H3. The van der Waals surface area contributed by atoms with E-state index in [2.05, 4.69) is 0 Å². The third-order valence-corrected chi connectivity index (χ3v) is 5.32. The van der Waals surface area contributed by atoms with E-state index in [1.807, 2.05) is 30.3 Å². The number of ether oxygens (including phenoxy) is 2. The van der Waals surface area contributed by atoms with Crippen LogP contribution in [-0.4, -0.2) is 29.3 Å². The number of carbonyl (C=O) groups is 3. The summed E-state index contributed by atoms with van der Waals surface area (Å²) in [5.41, 5.74) is 2.44. The number of halogens is 1. The van der Waals surface area contributed by atoms with Crippen molar-refractivity contribution in [2.75, 3.05) is 6.61 Å². The molecule has 0 aliphatic carbocycles. The van der Waals surface area contributed by atoms with Crippen molar-refractivity contribution in [3.8, 4) is 0 Å². The van der Waals surface area contributed by atoms with Crippen molar-refractivity contribution in [2.45, 2.75) is 20.1 Å². The summed E-state index contributed by atoms with van der Waals surface area (Å²) in [6.45, 7) is 1.71. The van der Waals surface area contributed by atoms with Gasteiger partial charge < -0.3 is 9.47 Å². The van der Waals surface area contributed by atoms with Crippen LogP contribution in [0.3, 0.4) is 0 Å². The van der Waals surface area contributed by atoms with E-state index in [0.717, 1.165) is 5.56 Å². The minimum Gasteiger partial charge on any atom is -0.482 e. The molecule has 1 atom stereocenters. The predicted molar refractivity (Wildman–Crippen MR) is 108 cm³/mol. The Labute approximate surface area is 178 Å². The number of carbonyl (C=O) groups excluding carboxylic acids is 3. The van der Waals surface area contributed by atoms with Crippen LogP contribution in [0.2, 0.25) is 0 Å². The molecule has 0 fully saturated rings. The van der Waals surface area contributed by atoms with Crippen LogP contribution in [0.5, 0.6) is 0 Å². The quantitative estimate of drug-likeness (QED) is 0.547. The van der Waals surface area contributed by atoms with Gasteiger partial charge in [0.05, 0.1) is 12.5 Å². The molecule has 0 radical (unpaired) electrons. The first-order valence-corrected chi connectivity index (χ1v) is 9.79. The molecular weight excluding hydrogens is 401 g/mol. The zero-order valence-electron chi connectivity index (χ0n) is 16.8. The number of hydrogen-bond donors (Lipinski definition) is 0. The first-order chi connectivity index (χ1) is 14.9. The Kier molecular flexibility index (Phi) is 5.66. The van der Waals surface area contributed by atoms with E-state index in [1.54, 1.807) is 6.92 Å². The van der Waals surface area contributed by atoms with Gasteiger partial charge in [0, 0.05) is 5.57 Å². The lowest BCUT2D eigenvalue weighted by Gasteiger charge is -2.34. The van der Waals surface area contributed by atoms with Crippen LogP contribution < -0.4 is 0 Å². The Balaban J connectivity index is 1.51. The van der Waals surface area contributed by atoms with Crippen LogP contribution in [0.1, 0.15) is 18.1 Å². The second-order valence-corrected chi connectivity index (χ2v) is 7.37. The number of imide groups is 1. The molecule has 0 spiro atoms. The second-order valence-electron chi connectivity index (χ2n) is 7.37. The van der Waals surface area contributed by atoms with Gasteiger partial charge in [0.2, 0.25) is 11.7 Å². The third-order valence-electron chi connectivity index (χ3n) is 5.32. The van der Waals surface area contributed by atoms with Crippen molar-refractivity contribution in [3.05, 3.63) is 94.5 Å². The number of amides is 2. The van der Waals surface area contributed by atoms with Gasteiger partial charge in [0.25, 0.3) is 5.91 Å². The zero-order valence-corrected chi connectivity index (χ0v) is 16.8. The Morgan fingerprint density at radius 1 is 1.10 bits per heavy atom. The molecule has 2 aliphatic heterocycles. The predicted octanol–water partition coefficient (Wildman–Crippen LogP) is 3.28. The Hall–Kier alpha value is -3.74. The number of fused-ring (bicyclic) bond motifs is 1. The van der Waals surface area contributed by atoms with Gasteiger partial charge >= 0.3 is 5.97 Å². The monoisotopic (exact) mass is 421 g/mol. The lowest BCUT2D eigenvalue weighted by Crippen LogP contribution is -2.47. The van der Waals surface area contributed by atoms with E-state index in [1.165, 1.54) is 35.2 Å².